The molecule has 19 heavy (non-hydrogen) atoms. The van der Waals surface area contributed by atoms with Gasteiger partial charge in [0.05, 0.1) is 5.60 Å². The fraction of sp³-hybridized carbons (Fsp3) is 1.00. The predicted octanol–water partition coefficient (Wildman–Crippen LogP) is 2.79. The standard InChI is InChI=1S/C16H32N2O/c1-16(19-2)10-7-11-18(13-16)15(12-17)14-8-5-3-4-6-9-14/h14-15H,3-13,17H2,1-2H3. The van der Waals surface area contributed by atoms with Crippen LogP contribution in [-0.2, 0) is 4.74 Å². The Morgan fingerprint density at radius 2 is 1.89 bits per heavy atom. The summed E-state index contributed by atoms with van der Waals surface area (Å²) in [5, 5.41) is 0. The third kappa shape index (κ3) is 3.93. The van der Waals surface area contributed by atoms with Gasteiger partial charge in [-0.2, -0.15) is 0 Å². The number of nitrogens with two attached hydrogens (primary N) is 1. The van der Waals surface area contributed by atoms with Gasteiger partial charge in [-0.15, -0.1) is 0 Å². The van der Waals surface area contributed by atoms with Gasteiger partial charge < -0.3 is 10.5 Å². The van der Waals surface area contributed by atoms with Gasteiger partial charge in [-0.1, -0.05) is 25.7 Å². The molecule has 0 spiro atoms. The van der Waals surface area contributed by atoms with Crippen molar-refractivity contribution in [2.45, 2.75) is 69.9 Å². The number of hydrogen-bond acceptors (Lipinski definition) is 3. The average molecular weight is 268 g/mol. The van der Waals surface area contributed by atoms with Crippen LogP contribution in [0.3, 0.4) is 0 Å². The van der Waals surface area contributed by atoms with Crippen molar-refractivity contribution < 1.29 is 4.74 Å². The van der Waals surface area contributed by atoms with Gasteiger partial charge in [0.15, 0.2) is 0 Å². The predicted molar refractivity (Wildman–Crippen MR) is 80.3 cm³/mol. The van der Waals surface area contributed by atoms with Crippen molar-refractivity contribution in [3.05, 3.63) is 0 Å². The molecule has 0 radical (unpaired) electrons. The number of likely N-dealkylation sites (tertiary alicyclic amines) is 1. The first kappa shape index (κ1) is 15.3. The lowest BCUT2D eigenvalue weighted by Gasteiger charge is -2.45. The number of hydrogen-bond donors (Lipinski definition) is 1. The van der Waals surface area contributed by atoms with Gasteiger partial charge in [0.25, 0.3) is 0 Å². The normalized spacial score (nSPS) is 33.0. The quantitative estimate of drug-likeness (QED) is 0.797. The second kappa shape index (κ2) is 7.05. The molecule has 1 heterocycles. The van der Waals surface area contributed by atoms with Crippen LogP contribution in [0.1, 0.15) is 58.3 Å². The first-order valence-electron chi connectivity index (χ1n) is 8.18. The minimum Gasteiger partial charge on any atom is -0.377 e. The largest absolute Gasteiger partial charge is 0.377 e. The first-order valence-corrected chi connectivity index (χ1v) is 8.18. The van der Waals surface area contributed by atoms with Crippen LogP contribution in [0.2, 0.25) is 0 Å². The van der Waals surface area contributed by atoms with Gasteiger partial charge in [-0.05, 0) is 45.1 Å². The van der Waals surface area contributed by atoms with Gasteiger partial charge in [0.1, 0.15) is 0 Å². The highest BCUT2D eigenvalue weighted by Crippen LogP contribution is 2.32. The zero-order chi connectivity index (χ0) is 13.7. The van der Waals surface area contributed by atoms with E-state index < -0.39 is 0 Å². The maximum atomic E-state index is 6.13. The lowest BCUT2D eigenvalue weighted by Crippen LogP contribution is -2.55. The first-order chi connectivity index (χ1) is 9.18. The average Bonchev–Trinajstić information content (AvgIpc) is 2.69. The molecule has 0 amide bonds. The molecule has 1 saturated carbocycles. The van der Waals surface area contributed by atoms with Crippen molar-refractivity contribution in [3.8, 4) is 0 Å². The number of nitrogens with zero attached hydrogens (tertiary/aromatic N) is 1. The molecule has 3 nitrogen and oxygen atoms in total. The molecule has 112 valence electrons. The Labute approximate surface area is 118 Å². The molecule has 2 rings (SSSR count). The van der Waals surface area contributed by atoms with E-state index in [1.165, 1.54) is 57.9 Å². The molecule has 0 aromatic heterocycles. The summed E-state index contributed by atoms with van der Waals surface area (Å²) < 4.78 is 5.73. The monoisotopic (exact) mass is 268 g/mol. The molecule has 2 atom stereocenters. The summed E-state index contributed by atoms with van der Waals surface area (Å²) in [5.41, 5.74) is 6.17. The summed E-state index contributed by atoms with van der Waals surface area (Å²) in [6.07, 6.45) is 10.8. The lowest BCUT2D eigenvalue weighted by molar-refractivity contribution is -0.0670. The summed E-state index contributed by atoms with van der Waals surface area (Å²) >= 11 is 0. The highest BCUT2D eigenvalue weighted by atomic mass is 16.5. The van der Waals surface area contributed by atoms with Crippen LogP contribution in [0, 0.1) is 5.92 Å². The number of piperidine rings is 1. The Hall–Kier alpha value is -0.120. The molecule has 2 unspecified atom stereocenters. The highest BCUT2D eigenvalue weighted by molar-refractivity contribution is 4.91. The third-order valence-electron chi connectivity index (χ3n) is 5.34. The molecule has 2 N–H and O–H groups in total. The fourth-order valence-corrected chi connectivity index (χ4v) is 4.03. The Morgan fingerprint density at radius 1 is 1.21 bits per heavy atom. The summed E-state index contributed by atoms with van der Waals surface area (Å²) in [5.74, 6) is 0.812. The molecule has 0 bridgehead atoms. The van der Waals surface area contributed by atoms with Crippen molar-refractivity contribution in [1.29, 1.82) is 0 Å². The van der Waals surface area contributed by atoms with E-state index in [1.807, 2.05) is 7.11 Å². The second-order valence-electron chi connectivity index (χ2n) is 6.78. The molecule has 0 aromatic rings. The highest BCUT2D eigenvalue weighted by Gasteiger charge is 2.36. The molecule has 1 aliphatic heterocycles. The number of rotatable bonds is 4. The molecule has 0 aromatic carbocycles. The minimum absolute atomic E-state index is 0.0381. The third-order valence-corrected chi connectivity index (χ3v) is 5.34. The van der Waals surface area contributed by atoms with E-state index >= 15 is 0 Å². The SMILES string of the molecule is COC1(C)CCCN(C(CN)C2CCCCCC2)C1. The zero-order valence-electron chi connectivity index (χ0n) is 12.9. The van der Waals surface area contributed by atoms with Gasteiger partial charge in [-0.3, -0.25) is 4.90 Å². The molecule has 1 saturated heterocycles. The van der Waals surface area contributed by atoms with E-state index in [9.17, 15) is 0 Å². The summed E-state index contributed by atoms with van der Waals surface area (Å²) in [6, 6.07) is 0.577. The van der Waals surface area contributed by atoms with Gasteiger partial charge in [0.2, 0.25) is 0 Å². The smallest absolute Gasteiger partial charge is 0.0777 e. The van der Waals surface area contributed by atoms with Crippen molar-refractivity contribution >= 4 is 0 Å². The second-order valence-corrected chi connectivity index (χ2v) is 6.78. The molecule has 3 heteroatoms. The zero-order valence-corrected chi connectivity index (χ0v) is 12.9. The lowest BCUT2D eigenvalue weighted by atomic mass is 9.87. The van der Waals surface area contributed by atoms with Crippen molar-refractivity contribution in [2.24, 2.45) is 11.7 Å². The van der Waals surface area contributed by atoms with E-state index in [4.69, 9.17) is 10.5 Å². The van der Waals surface area contributed by atoms with Crippen molar-refractivity contribution in [3.63, 3.8) is 0 Å². The summed E-state index contributed by atoms with van der Waals surface area (Å²) in [4.78, 5) is 2.63. The number of ether oxygens (including phenoxy) is 1. The Balaban J connectivity index is 1.99. The van der Waals surface area contributed by atoms with Gasteiger partial charge >= 0.3 is 0 Å². The summed E-state index contributed by atoms with van der Waals surface area (Å²) in [7, 11) is 1.85. The van der Waals surface area contributed by atoms with Crippen LogP contribution >= 0.6 is 0 Å². The molecule has 2 fully saturated rings. The molecular formula is C16H32N2O. The van der Waals surface area contributed by atoms with Crippen LogP contribution in [-0.4, -0.2) is 43.3 Å². The maximum absolute atomic E-state index is 6.13. The Morgan fingerprint density at radius 3 is 2.47 bits per heavy atom. The van der Waals surface area contributed by atoms with Gasteiger partial charge in [-0.25, -0.2) is 0 Å². The van der Waals surface area contributed by atoms with Crippen LogP contribution in [0.15, 0.2) is 0 Å². The fourth-order valence-electron chi connectivity index (χ4n) is 4.03. The Bertz CT molecular complexity index is 263. The van der Waals surface area contributed by atoms with E-state index in [0.29, 0.717) is 6.04 Å². The van der Waals surface area contributed by atoms with Crippen LogP contribution in [0.4, 0.5) is 0 Å². The Kier molecular flexibility index (Phi) is 5.67. The van der Waals surface area contributed by atoms with E-state index in [-0.39, 0.29) is 5.60 Å². The van der Waals surface area contributed by atoms with E-state index in [0.717, 1.165) is 19.0 Å². The van der Waals surface area contributed by atoms with Crippen molar-refractivity contribution in [1.82, 2.24) is 4.90 Å². The maximum Gasteiger partial charge on any atom is 0.0777 e. The van der Waals surface area contributed by atoms with E-state index in [1.54, 1.807) is 0 Å². The minimum atomic E-state index is 0.0381. The van der Waals surface area contributed by atoms with Crippen molar-refractivity contribution in [2.75, 3.05) is 26.7 Å². The van der Waals surface area contributed by atoms with E-state index in [2.05, 4.69) is 11.8 Å². The van der Waals surface area contributed by atoms with Crippen LogP contribution < -0.4 is 5.73 Å². The molecule has 2 aliphatic rings. The number of methoxy groups -OCH3 is 1. The van der Waals surface area contributed by atoms with Crippen LogP contribution in [0.5, 0.6) is 0 Å². The van der Waals surface area contributed by atoms with Crippen LogP contribution in [0.25, 0.3) is 0 Å². The topological polar surface area (TPSA) is 38.5 Å². The molecule has 1 aliphatic carbocycles. The van der Waals surface area contributed by atoms with Gasteiger partial charge in [0, 0.05) is 26.2 Å². The molecular weight excluding hydrogens is 236 g/mol. The summed E-state index contributed by atoms with van der Waals surface area (Å²) in [6.45, 7) is 5.32.